The van der Waals surface area contributed by atoms with Crippen molar-refractivity contribution in [3.63, 3.8) is 0 Å². The average Bonchev–Trinajstić information content (AvgIpc) is 2.49. The molecule has 4 nitrogen and oxygen atoms in total. The van der Waals surface area contributed by atoms with E-state index in [1.54, 1.807) is 30.2 Å². The number of pyridine rings is 1. The highest BCUT2D eigenvalue weighted by Gasteiger charge is 2.06. The minimum Gasteiger partial charge on any atom is -0.298 e. The molecule has 0 aliphatic heterocycles. The van der Waals surface area contributed by atoms with Crippen molar-refractivity contribution in [2.24, 2.45) is 0 Å². The molecule has 2 aromatic rings. The number of carbonyl (C=O) groups excluding carboxylic acids is 1. The maximum Gasteiger partial charge on any atom is 0.151 e. The average molecular weight is 254 g/mol. The highest BCUT2D eigenvalue weighted by Crippen LogP contribution is 2.21. The topological polar surface area (TPSA) is 47.8 Å². The lowest BCUT2D eigenvalue weighted by molar-refractivity contribution is -0.117. The molecule has 0 unspecified atom stereocenters. The van der Waals surface area contributed by atoms with Crippen molar-refractivity contribution in [1.29, 1.82) is 0 Å². The van der Waals surface area contributed by atoms with E-state index in [1.807, 2.05) is 0 Å². The summed E-state index contributed by atoms with van der Waals surface area (Å²) in [5, 5.41) is 5.10. The van der Waals surface area contributed by atoms with Crippen LogP contribution in [0.5, 0.6) is 0 Å². The molecule has 72 valence electrons. The summed E-state index contributed by atoms with van der Waals surface area (Å²) in [6.45, 7) is 1.83. The van der Waals surface area contributed by atoms with E-state index >= 15 is 0 Å². The summed E-state index contributed by atoms with van der Waals surface area (Å²) in [5.74, 6) is 0.0787. The molecule has 0 radical (unpaired) electrons. The first kappa shape index (κ1) is 9.33. The summed E-state index contributed by atoms with van der Waals surface area (Å²) < 4.78 is 2.54. The third-order valence-electron chi connectivity index (χ3n) is 1.89. The Morgan fingerprint density at radius 1 is 1.50 bits per heavy atom. The van der Waals surface area contributed by atoms with Crippen LogP contribution >= 0.6 is 15.9 Å². The van der Waals surface area contributed by atoms with Gasteiger partial charge in [0.2, 0.25) is 0 Å². The molecule has 0 aliphatic rings. The van der Waals surface area contributed by atoms with Crippen LogP contribution < -0.4 is 0 Å². The fourth-order valence-corrected chi connectivity index (χ4v) is 1.72. The quantitative estimate of drug-likeness (QED) is 0.820. The zero-order chi connectivity index (χ0) is 10.1. The van der Waals surface area contributed by atoms with Gasteiger partial charge in [0.05, 0.1) is 24.5 Å². The Balaban J connectivity index is 2.58. The summed E-state index contributed by atoms with van der Waals surface area (Å²) in [6, 6.07) is 0. The van der Waals surface area contributed by atoms with Crippen molar-refractivity contribution in [1.82, 2.24) is 14.8 Å². The highest BCUT2D eigenvalue weighted by molar-refractivity contribution is 9.10. The molecule has 0 spiro atoms. The van der Waals surface area contributed by atoms with Crippen LogP contribution in [-0.4, -0.2) is 20.5 Å². The molecule has 0 aliphatic carbocycles. The molecule has 0 bridgehead atoms. The third kappa shape index (κ3) is 1.55. The van der Waals surface area contributed by atoms with Crippen LogP contribution in [-0.2, 0) is 11.3 Å². The first-order valence-corrected chi connectivity index (χ1v) is 4.92. The van der Waals surface area contributed by atoms with Crippen LogP contribution in [0.15, 0.2) is 23.1 Å². The number of Topliss-reactive ketones (excluding diaryl/α,β-unsaturated/α-hetero) is 1. The molecule has 2 heterocycles. The fraction of sp³-hybridized carbons (Fsp3) is 0.222. The van der Waals surface area contributed by atoms with E-state index in [0.717, 1.165) is 15.4 Å². The van der Waals surface area contributed by atoms with Gasteiger partial charge in [0, 0.05) is 16.1 Å². The molecule has 0 aromatic carbocycles. The van der Waals surface area contributed by atoms with Gasteiger partial charge >= 0.3 is 0 Å². The SMILES string of the molecule is CC(=O)Cn1ncc2c(Br)cncc21. The lowest BCUT2D eigenvalue weighted by Crippen LogP contribution is -2.07. The van der Waals surface area contributed by atoms with Crippen LogP contribution in [0.25, 0.3) is 10.9 Å². The molecule has 2 rings (SSSR count). The van der Waals surface area contributed by atoms with E-state index in [2.05, 4.69) is 26.0 Å². The lowest BCUT2D eigenvalue weighted by Gasteiger charge is -1.99. The number of rotatable bonds is 2. The van der Waals surface area contributed by atoms with Gasteiger partial charge in [-0.25, -0.2) is 0 Å². The van der Waals surface area contributed by atoms with Gasteiger partial charge in [-0.05, 0) is 22.9 Å². The largest absolute Gasteiger partial charge is 0.298 e. The number of ketones is 1. The van der Waals surface area contributed by atoms with Crippen molar-refractivity contribution in [3.05, 3.63) is 23.1 Å². The minimum absolute atomic E-state index is 0.0787. The normalized spacial score (nSPS) is 10.7. The van der Waals surface area contributed by atoms with Gasteiger partial charge in [-0.15, -0.1) is 0 Å². The number of halogens is 1. The van der Waals surface area contributed by atoms with Gasteiger partial charge in [0.15, 0.2) is 5.78 Å². The Labute approximate surface area is 89.1 Å². The highest BCUT2D eigenvalue weighted by atomic mass is 79.9. The zero-order valence-corrected chi connectivity index (χ0v) is 9.15. The van der Waals surface area contributed by atoms with Gasteiger partial charge in [0.1, 0.15) is 0 Å². The standard InChI is InChI=1S/C9H8BrN3O/c1-6(14)5-13-9-4-11-3-8(10)7(9)2-12-13/h2-4H,5H2,1H3. The fourth-order valence-electron chi connectivity index (χ4n) is 1.29. The van der Waals surface area contributed by atoms with Crippen molar-refractivity contribution in [2.75, 3.05) is 0 Å². The predicted octanol–water partition coefficient (Wildman–Crippen LogP) is 1.78. The number of aromatic nitrogens is 3. The van der Waals surface area contributed by atoms with Crippen LogP contribution in [0, 0.1) is 0 Å². The van der Waals surface area contributed by atoms with E-state index in [-0.39, 0.29) is 5.78 Å². The summed E-state index contributed by atoms with van der Waals surface area (Å²) in [4.78, 5) is 15.0. The van der Waals surface area contributed by atoms with Gasteiger partial charge in [-0.1, -0.05) is 0 Å². The van der Waals surface area contributed by atoms with Gasteiger partial charge in [-0.2, -0.15) is 5.10 Å². The second-order valence-electron chi connectivity index (χ2n) is 3.06. The van der Waals surface area contributed by atoms with Gasteiger partial charge in [0.25, 0.3) is 0 Å². The van der Waals surface area contributed by atoms with Crippen LogP contribution in [0.1, 0.15) is 6.92 Å². The third-order valence-corrected chi connectivity index (χ3v) is 2.53. The second-order valence-corrected chi connectivity index (χ2v) is 3.91. The summed E-state index contributed by atoms with van der Waals surface area (Å²) in [5.41, 5.74) is 0.870. The smallest absolute Gasteiger partial charge is 0.151 e. The first-order chi connectivity index (χ1) is 6.68. The van der Waals surface area contributed by atoms with E-state index < -0.39 is 0 Å². The number of hydrogen-bond acceptors (Lipinski definition) is 3. The molecule has 2 aromatic heterocycles. The van der Waals surface area contributed by atoms with Crippen LogP contribution in [0.2, 0.25) is 0 Å². The predicted molar refractivity (Wildman–Crippen MR) is 55.9 cm³/mol. The van der Waals surface area contributed by atoms with E-state index in [9.17, 15) is 4.79 Å². The van der Waals surface area contributed by atoms with Gasteiger partial charge < -0.3 is 0 Å². The molecule has 0 saturated carbocycles. The summed E-state index contributed by atoms with van der Waals surface area (Å²) >= 11 is 3.38. The minimum atomic E-state index is 0.0787. The van der Waals surface area contributed by atoms with E-state index in [0.29, 0.717) is 6.54 Å². The van der Waals surface area contributed by atoms with E-state index in [4.69, 9.17) is 0 Å². The Kier molecular flexibility index (Phi) is 2.33. The Morgan fingerprint density at radius 3 is 3.00 bits per heavy atom. The van der Waals surface area contributed by atoms with Crippen LogP contribution in [0.4, 0.5) is 0 Å². The molecular formula is C9H8BrN3O. The Morgan fingerprint density at radius 2 is 2.29 bits per heavy atom. The molecule has 0 amide bonds. The Hall–Kier alpha value is -1.23. The van der Waals surface area contributed by atoms with E-state index in [1.165, 1.54) is 0 Å². The lowest BCUT2D eigenvalue weighted by atomic mass is 10.3. The molecule has 0 atom stereocenters. The molecular weight excluding hydrogens is 246 g/mol. The number of hydrogen-bond donors (Lipinski definition) is 0. The van der Waals surface area contributed by atoms with Crippen molar-refractivity contribution in [3.8, 4) is 0 Å². The molecule has 0 N–H and O–H groups in total. The zero-order valence-electron chi connectivity index (χ0n) is 7.57. The van der Waals surface area contributed by atoms with Crippen LogP contribution in [0.3, 0.4) is 0 Å². The molecule has 0 fully saturated rings. The van der Waals surface area contributed by atoms with Crippen molar-refractivity contribution in [2.45, 2.75) is 13.5 Å². The second kappa shape index (κ2) is 3.49. The monoisotopic (exact) mass is 253 g/mol. The summed E-state index contributed by atoms with van der Waals surface area (Å²) in [7, 11) is 0. The number of nitrogens with zero attached hydrogens (tertiary/aromatic N) is 3. The maximum absolute atomic E-state index is 10.9. The number of fused-ring (bicyclic) bond motifs is 1. The Bertz CT molecular complexity index is 492. The molecule has 0 saturated heterocycles. The summed E-state index contributed by atoms with van der Waals surface area (Å²) in [6.07, 6.45) is 5.14. The van der Waals surface area contributed by atoms with Crippen molar-refractivity contribution < 1.29 is 4.79 Å². The first-order valence-electron chi connectivity index (χ1n) is 4.13. The van der Waals surface area contributed by atoms with Crippen molar-refractivity contribution >= 4 is 32.6 Å². The molecule has 14 heavy (non-hydrogen) atoms. The number of carbonyl (C=O) groups is 1. The maximum atomic E-state index is 10.9. The molecule has 5 heteroatoms. The van der Waals surface area contributed by atoms with Gasteiger partial charge in [-0.3, -0.25) is 14.5 Å².